The van der Waals surface area contributed by atoms with E-state index >= 15 is 0 Å². The summed E-state index contributed by atoms with van der Waals surface area (Å²) in [6.45, 7) is 2.51. The number of carbonyl (C=O) groups excluding carboxylic acids is 3. The predicted octanol–water partition coefficient (Wildman–Crippen LogP) is 3.08. The lowest BCUT2D eigenvalue weighted by Crippen LogP contribution is -2.46. The maximum Gasteiger partial charge on any atom is 0.308 e. The van der Waals surface area contributed by atoms with Crippen LogP contribution in [-0.2, 0) is 9.59 Å². The summed E-state index contributed by atoms with van der Waals surface area (Å²) in [7, 11) is 0. The van der Waals surface area contributed by atoms with E-state index in [-0.39, 0.29) is 17.9 Å². The van der Waals surface area contributed by atoms with Crippen molar-refractivity contribution in [2.75, 3.05) is 13.1 Å². The third kappa shape index (κ3) is 5.68. The van der Waals surface area contributed by atoms with Crippen molar-refractivity contribution in [2.45, 2.75) is 51.5 Å². The third-order valence-electron chi connectivity index (χ3n) is 5.39. The minimum atomic E-state index is -0.414. The molecule has 2 amide bonds. The number of rotatable bonds is 5. The number of amides is 2. The van der Waals surface area contributed by atoms with Crippen LogP contribution in [0.1, 0.15) is 55.8 Å². The fourth-order valence-electron chi connectivity index (χ4n) is 3.89. The van der Waals surface area contributed by atoms with Crippen molar-refractivity contribution in [3.63, 3.8) is 0 Å². The molecule has 1 aliphatic heterocycles. The van der Waals surface area contributed by atoms with Crippen LogP contribution in [0.15, 0.2) is 36.4 Å². The van der Waals surface area contributed by atoms with Gasteiger partial charge in [0.15, 0.2) is 0 Å². The quantitative estimate of drug-likeness (QED) is 0.481. The second-order valence-electron chi connectivity index (χ2n) is 7.60. The Kier molecular flexibility index (Phi) is 6.85. The molecule has 3 rings (SSSR count). The van der Waals surface area contributed by atoms with Crippen LogP contribution in [0.4, 0.5) is 0 Å². The van der Waals surface area contributed by atoms with Crippen molar-refractivity contribution >= 4 is 17.8 Å². The summed E-state index contributed by atoms with van der Waals surface area (Å²) in [6.07, 6.45) is 10.1. The highest BCUT2D eigenvalue weighted by molar-refractivity contribution is 5.95. The molecule has 0 unspecified atom stereocenters. The predicted molar refractivity (Wildman–Crippen MR) is 106 cm³/mol. The standard InChI is InChI=1S/C22H28N2O4/c1-16(25)28-20-8-4-7-18(15-20)22(27)24-13-11-19(12-14-24)23-21(26)10-9-17-5-2-3-6-17/h4,7-10,15,17,19H,2-3,5-6,11-14H2,1H3,(H,23,26)/b10-9+. The highest BCUT2D eigenvalue weighted by atomic mass is 16.5. The van der Waals surface area contributed by atoms with E-state index in [1.54, 1.807) is 35.2 Å². The van der Waals surface area contributed by atoms with Crippen molar-refractivity contribution in [1.29, 1.82) is 0 Å². The van der Waals surface area contributed by atoms with E-state index in [9.17, 15) is 14.4 Å². The summed E-state index contributed by atoms with van der Waals surface area (Å²) < 4.78 is 5.05. The van der Waals surface area contributed by atoms with Crippen LogP contribution < -0.4 is 10.1 Å². The van der Waals surface area contributed by atoms with Crippen LogP contribution in [0, 0.1) is 5.92 Å². The molecule has 1 aromatic carbocycles. The molecule has 0 atom stereocenters. The Bertz CT molecular complexity index is 745. The molecule has 0 radical (unpaired) electrons. The summed E-state index contributed by atoms with van der Waals surface area (Å²) in [6, 6.07) is 6.76. The number of hydrogen-bond acceptors (Lipinski definition) is 4. The number of nitrogens with zero attached hydrogens (tertiary/aromatic N) is 1. The fraction of sp³-hybridized carbons (Fsp3) is 0.500. The fourth-order valence-corrected chi connectivity index (χ4v) is 3.89. The Morgan fingerprint density at radius 2 is 1.82 bits per heavy atom. The molecule has 150 valence electrons. The third-order valence-corrected chi connectivity index (χ3v) is 5.39. The first-order valence-corrected chi connectivity index (χ1v) is 10.1. The van der Waals surface area contributed by atoms with Gasteiger partial charge in [0.2, 0.25) is 5.91 Å². The summed E-state index contributed by atoms with van der Waals surface area (Å²) in [5, 5.41) is 3.05. The molecule has 28 heavy (non-hydrogen) atoms. The molecule has 2 aliphatic rings. The number of piperidine rings is 1. The van der Waals surface area contributed by atoms with Crippen molar-refractivity contribution < 1.29 is 19.1 Å². The van der Waals surface area contributed by atoms with Gasteiger partial charge >= 0.3 is 5.97 Å². The van der Waals surface area contributed by atoms with E-state index in [4.69, 9.17) is 4.74 Å². The Morgan fingerprint density at radius 3 is 2.50 bits per heavy atom. The van der Waals surface area contributed by atoms with Gasteiger partial charge in [-0.1, -0.05) is 25.0 Å². The van der Waals surface area contributed by atoms with Gasteiger partial charge in [0.25, 0.3) is 5.91 Å². The summed E-state index contributed by atoms with van der Waals surface area (Å²) in [5.74, 6) is 0.385. The van der Waals surface area contributed by atoms with E-state index in [1.165, 1.54) is 32.6 Å². The number of allylic oxidation sites excluding steroid dienone is 1. The molecule has 6 nitrogen and oxygen atoms in total. The normalized spacial score (nSPS) is 18.4. The van der Waals surface area contributed by atoms with Crippen LogP contribution in [0.3, 0.4) is 0 Å². The van der Waals surface area contributed by atoms with Crippen LogP contribution in [0.5, 0.6) is 5.75 Å². The monoisotopic (exact) mass is 384 g/mol. The molecular formula is C22H28N2O4. The van der Waals surface area contributed by atoms with Gasteiger partial charge in [0.1, 0.15) is 5.75 Å². The number of hydrogen-bond donors (Lipinski definition) is 1. The van der Waals surface area contributed by atoms with Gasteiger partial charge in [-0.15, -0.1) is 0 Å². The van der Waals surface area contributed by atoms with Gasteiger partial charge in [-0.3, -0.25) is 14.4 Å². The van der Waals surface area contributed by atoms with Crippen LogP contribution >= 0.6 is 0 Å². The first kappa shape index (κ1) is 20.1. The number of ether oxygens (including phenoxy) is 1. The molecule has 0 bridgehead atoms. The first-order valence-electron chi connectivity index (χ1n) is 10.1. The highest BCUT2D eigenvalue weighted by Crippen LogP contribution is 2.25. The lowest BCUT2D eigenvalue weighted by atomic mass is 10.0. The van der Waals surface area contributed by atoms with Crippen LogP contribution in [0.2, 0.25) is 0 Å². The van der Waals surface area contributed by atoms with Gasteiger partial charge in [0.05, 0.1) is 0 Å². The second-order valence-corrected chi connectivity index (χ2v) is 7.60. The molecule has 1 aromatic rings. The van der Waals surface area contributed by atoms with Gasteiger partial charge in [-0.25, -0.2) is 0 Å². The number of likely N-dealkylation sites (tertiary alicyclic amines) is 1. The minimum Gasteiger partial charge on any atom is -0.427 e. The van der Waals surface area contributed by atoms with Crippen LogP contribution in [-0.4, -0.2) is 41.8 Å². The van der Waals surface area contributed by atoms with E-state index < -0.39 is 5.97 Å². The average Bonchev–Trinajstić information content (AvgIpc) is 3.20. The van der Waals surface area contributed by atoms with E-state index in [0.29, 0.717) is 30.3 Å². The largest absolute Gasteiger partial charge is 0.427 e. The van der Waals surface area contributed by atoms with Crippen molar-refractivity contribution in [1.82, 2.24) is 10.2 Å². The minimum absolute atomic E-state index is 0.0363. The molecule has 1 aliphatic carbocycles. The average molecular weight is 384 g/mol. The molecule has 1 heterocycles. The van der Waals surface area contributed by atoms with Gasteiger partial charge in [-0.05, 0) is 55.9 Å². The molecule has 1 saturated heterocycles. The SMILES string of the molecule is CC(=O)Oc1cccc(C(=O)N2CCC(NC(=O)/C=C/C3CCCC3)CC2)c1. The van der Waals surface area contributed by atoms with Crippen LogP contribution in [0.25, 0.3) is 0 Å². The van der Waals surface area contributed by atoms with Crippen molar-refractivity contribution in [3.8, 4) is 5.75 Å². The lowest BCUT2D eigenvalue weighted by molar-refractivity contribution is -0.131. The Balaban J connectivity index is 1.47. The molecule has 1 saturated carbocycles. The first-order chi connectivity index (χ1) is 13.5. The van der Waals surface area contributed by atoms with Gasteiger partial charge < -0.3 is 15.0 Å². The Morgan fingerprint density at radius 1 is 1.11 bits per heavy atom. The van der Waals surface area contributed by atoms with Crippen molar-refractivity contribution in [3.05, 3.63) is 42.0 Å². The summed E-state index contributed by atoms with van der Waals surface area (Å²) in [5.41, 5.74) is 0.501. The van der Waals surface area contributed by atoms with Crippen molar-refractivity contribution in [2.24, 2.45) is 5.92 Å². The second kappa shape index (κ2) is 9.53. The maximum atomic E-state index is 12.7. The smallest absolute Gasteiger partial charge is 0.308 e. The number of esters is 1. The molecule has 1 N–H and O–H groups in total. The molecule has 6 heteroatoms. The van der Waals surface area contributed by atoms with E-state index in [1.807, 2.05) is 6.08 Å². The molecule has 0 aromatic heterocycles. The van der Waals surface area contributed by atoms with Gasteiger partial charge in [-0.2, -0.15) is 0 Å². The Hall–Kier alpha value is -2.63. The molecule has 2 fully saturated rings. The lowest BCUT2D eigenvalue weighted by Gasteiger charge is -2.32. The zero-order chi connectivity index (χ0) is 19.9. The van der Waals surface area contributed by atoms with E-state index in [2.05, 4.69) is 5.32 Å². The zero-order valence-electron chi connectivity index (χ0n) is 16.4. The Labute approximate surface area is 165 Å². The molecule has 0 spiro atoms. The number of carbonyl (C=O) groups is 3. The number of benzene rings is 1. The number of nitrogens with one attached hydrogen (secondary N) is 1. The topological polar surface area (TPSA) is 75.7 Å². The summed E-state index contributed by atoms with van der Waals surface area (Å²) in [4.78, 5) is 37.7. The van der Waals surface area contributed by atoms with Gasteiger partial charge in [0, 0.05) is 31.6 Å². The summed E-state index contributed by atoms with van der Waals surface area (Å²) >= 11 is 0. The maximum absolute atomic E-state index is 12.7. The highest BCUT2D eigenvalue weighted by Gasteiger charge is 2.24. The zero-order valence-corrected chi connectivity index (χ0v) is 16.4. The molecular weight excluding hydrogens is 356 g/mol. The van der Waals surface area contributed by atoms with E-state index in [0.717, 1.165) is 12.8 Å².